The zero-order valence-electron chi connectivity index (χ0n) is 11.7. The van der Waals surface area contributed by atoms with Gasteiger partial charge in [-0.1, -0.05) is 29.8 Å². The van der Waals surface area contributed by atoms with E-state index in [1.54, 1.807) is 13.0 Å². The van der Waals surface area contributed by atoms with Gasteiger partial charge in [0.2, 0.25) is 10.0 Å². The van der Waals surface area contributed by atoms with Crippen LogP contribution in [0.4, 0.5) is 0 Å². The van der Waals surface area contributed by atoms with Crippen molar-refractivity contribution in [2.24, 2.45) is 5.14 Å². The molecule has 0 fully saturated rings. The lowest BCUT2D eigenvalue weighted by Crippen LogP contribution is -2.34. The van der Waals surface area contributed by atoms with Gasteiger partial charge in [0.25, 0.3) is 5.91 Å². The van der Waals surface area contributed by atoms with Crippen LogP contribution in [0.15, 0.2) is 21.5 Å². The van der Waals surface area contributed by atoms with Crippen LogP contribution in [0.3, 0.4) is 0 Å². The number of hydrogen-bond donors (Lipinski definition) is 2. The molecule has 20 heavy (non-hydrogen) atoms. The minimum atomic E-state index is -3.86. The molecule has 112 valence electrons. The highest BCUT2D eigenvalue weighted by atomic mass is 79.9. The molecule has 1 rings (SSSR count). The molecule has 5 nitrogen and oxygen atoms in total. The summed E-state index contributed by atoms with van der Waals surface area (Å²) in [6, 6.07) is 3.07. The third-order valence-electron chi connectivity index (χ3n) is 3.20. The van der Waals surface area contributed by atoms with Gasteiger partial charge in [0.15, 0.2) is 0 Å². The van der Waals surface area contributed by atoms with Crippen LogP contribution in [0.25, 0.3) is 0 Å². The van der Waals surface area contributed by atoms with Gasteiger partial charge in [0, 0.05) is 16.1 Å². The Bertz CT molecular complexity index is 610. The number of benzene rings is 1. The molecule has 0 saturated carbocycles. The molecule has 0 aliphatic carbocycles. The van der Waals surface area contributed by atoms with E-state index in [9.17, 15) is 13.2 Å². The van der Waals surface area contributed by atoms with Crippen LogP contribution in [0.5, 0.6) is 0 Å². The first kappa shape index (κ1) is 17.1. The largest absolute Gasteiger partial charge is 0.349 e. The Morgan fingerprint density at radius 1 is 1.35 bits per heavy atom. The molecule has 7 heteroatoms. The Labute approximate surface area is 128 Å². The van der Waals surface area contributed by atoms with Crippen molar-refractivity contribution >= 4 is 31.9 Å². The molecule has 0 aliphatic heterocycles. The number of carbonyl (C=O) groups is 1. The van der Waals surface area contributed by atoms with Gasteiger partial charge in [-0.2, -0.15) is 0 Å². The maximum atomic E-state index is 12.3. The predicted octanol–water partition coefficient (Wildman–Crippen LogP) is 2.32. The first-order valence-corrected chi connectivity index (χ1v) is 8.68. The average Bonchev–Trinajstić information content (AvgIpc) is 2.36. The van der Waals surface area contributed by atoms with E-state index >= 15 is 0 Å². The minimum Gasteiger partial charge on any atom is -0.349 e. The number of amides is 1. The average molecular weight is 363 g/mol. The number of primary sulfonamides is 1. The van der Waals surface area contributed by atoms with E-state index in [-0.39, 0.29) is 16.8 Å². The molecule has 0 atom stereocenters. The molecular weight excluding hydrogens is 344 g/mol. The number of carbonyl (C=O) groups excluding carboxylic acids is 1. The molecule has 0 saturated heterocycles. The van der Waals surface area contributed by atoms with Gasteiger partial charge in [-0.3, -0.25) is 4.79 Å². The zero-order chi connectivity index (χ0) is 15.5. The van der Waals surface area contributed by atoms with Gasteiger partial charge in [-0.25, -0.2) is 13.6 Å². The summed E-state index contributed by atoms with van der Waals surface area (Å²) in [4.78, 5) is 12.2. The number of sulfonamides is 1. The number of hydrogen-bond acceptors (Lipinski definition) is 3. The topological polar surface area (TPSA) is 89.3 Å². The second kappa shape index (κ2) is 6.69. The Kier molecular flexibility index (Phi) is 5.73. The molecule has 0 radical (unpaired) electrons. The second-order valence-corrected chi connectivity index (χ2v) is 7.05. The van der Waals surface area contributed by atoms with E-state index in [2.05, 4.69) is 21.2 Å². The van der Waals surface area contributed by atoms with Crippen LogP contribution in [0.2, 0.25) is 0 Å². The maximum absolute atomic E-state index is 12.3. The van der Waals surface area contributed by atoms with Crippen LogP contribution in [-0.4, -0.2) is 20.4 Å². The fourth-order valence-corrected chi connectivity index (χ4v) is 3.38. The highest BCUT2D eigenvalue weighted by molar-refractivity contribution is 9.10. The van der Waals surface area contributed by atoms with Crippen molar-refractivity contribution in [1.82, 2.24) is 5.32 Å². The van der Waals surface area contributed by atoms with Crippen molar-refractivity contribution < 1.29 is 13.2 Å². The van der Waals surface area contributed by atoms with Crippen LogP contribution in [0, 0.1) is 6.92 Å². The van der Waals surface area contributed by atoms with E-state index in [0.717, 1.165) is 12.8 Å². The van der Waals surface area contributed by atoms with E-state index in [1.165, 1.54) is 6.07 Å². The maximum Gasteiger partial charge on any atom is 0.251 e. The number of rotatable bonds is 5. The summed E-state index contributed by atoms with van der Waals surface area (Å²) < 4.78 is 23.6. The third kappa shape index (κ3) is 4.04. The van der Waals surface area contributed by atoms with Crippen LogP contribution < -0.4 is 10.5 Å². The molecule has 1 aromatic rings. The Hall–Kier alpha value is -0.920. The summed E-state index contributed by atoms with van der Waals surface area (Å²) in [6.45, 7) is 5.55. The molecule has 0 unspecified atom stereocenters. The van der Waals surface area contributed by atoms with E-state index < -0.39 is 10.0 Å². The lowest BCUT2D eigenvalue weighted by molar-refractivity contribution is 0.0934. The van der Waals surface area contributed by atoms with Gasteiger partial charge >= 0.3 is 0 Å². The Balaban J connectivity index is 3.26. The molecule has 0 spiro atoms. The van der Waals surface area contributed by atoms with E-state index in [0.29, 0.717) is 15.6 Å². The molecule has 1 aromatic carbocycles. The first-order valence-electron chi connectivity index (χ1n) is 6.34. The van der Waals surface area contributed by atoms with Gasteiger partial charge in [-0.05, 0) is 37.5 Å². The summed E-state index contributed by atoms with van der Waals surface area (Å²) in [7, 11) is -3.86. The molecule has 0 aromatic heterocycles. The van der Waals surface area contributed by atoms with Crippen molar-refractivity contribution in [2.75, 3.05) is 0 Å². The molecular formula is C13H19BrN2O3S. The summed E-state index contributed by atoms with van der Waals surface area (Å²) >= 11 is 3.21. The quantitative estimate of drug-likeness (QED) is 0.841. The standard InChI is InChI=1S/C13H19BrN2O3S/c1-4-10(5-2)16-13(17)11-6-9(14)7-12(8(11)3)20(15,18)19/h6-7,10H,4-5H2,1-3H3,(H,16,17)(H2,15,18,19). The van der Waals surface area contributed by atoms with Crippen LogP contribution in [0.1, 0.15) is 42.6 Å². The van der Waals surface area contributed by atoms with Crippen molar-refractivity contribution in [1.29, 1.82) is 0 Å². The lowest BCUT2D eigenvalue weighted by atomic mass is 10.1. The van der Waals surface area contributed by atoms with Crippen LogP contribution >= 0.6 is 15.9 Å². The summed E-state index contributed by atoms with van der Waals surface area (Å²) in [5, 5.41) is 8.05. The number of halogens is 1. The predicted molar refractivity (Wildman–Crippen MR) is 82.1 cm³/mol. The van der Waals surface area contributed by atoms with Gasteiger partial charge in [0.1, 0.15) is 0 Å². The zero-order valence-corrected chi connectivity index (χ0v) is 14.1. The summed E-state index contributed by atoms with van der Waals surface area (Å²) in [5.41, 5.74) is 0.675. The smallest absolute Gasteiger partial charge is 0.251 e. The monoisotopic (exact) mass is 362 g/mol. The number of nitrogens with one attached hydrogen (secondary N) is 1. The molecule has 0 aliphatic rings. The first-order chi connectivity index (χ1) is 9.20. The SMILES string of the molecule is CCC(CC)NC(=O)c1cc(Br)cc(S(N)(=O)=O)c1C. The van der Waals surface area contributed by atoms with Gasteiger partial charge in [0.05, 0.1) is 4.90 Å². The normalized spacial score (nSPS) is 11.7. The number of nitrogens with two attached hydrogens (primary N) is 1. The highest BCUT2D eigenvalue weighted by Crippen LogP contribution is 2.24. The Morgan fingerprint density at radius 2 is 1.90 bits per heavy atom. The van der Waals surface area contributed by atoms with Crippen molar-refractivity contribution in [2.45, 2.75) is 44.6 Å². The van der Waals surface area contributed by atoms with Crippen molar-refractivity contribution in [3.05, 3.63) is 27.7 Å². The highest BCUT2D eigenvalue weighted by Gasteiger charge is 2.20. The van der Waals surface area contributed by atoms with Gasteiger partial charge in [-0.15, -0.1) is 0 Å². The summed E-state index contributed by atoms with van der Waals surface area (Å²) in [5.74, 6) is -0.289. The molecule has 1 amide bonds. The van der Waals surface area contributed by atoms with Gasteiger partial charge < -0.3 is 5.32 Å². The Morgan fingerprint density at radius 3 is 2.35 bits per heavy atom. The van der Waals surface area contributed by atoms with E-state index in [1.807, 2.05) is 13.8 Å². The molecule has 0 bridgehead atoms. The second-order valence-electron chi connectivity index (χ2n) is 4.61. The molecule has 3 N–H and O–H groups in total. The van der Waals surface area contributed by atoms with E-state index in [4.69, 9.17) is 5.14 Å². The fraction of sp³-hybridized carbons (Fsp3) is 0.462. The summed E-state index contributed by atoms with van der Waals surface area (Å²) in [6.07, 6.45) is 1.63. The van der Waals surface area contributed by atoms with Crippen LogP contribution in [-0.2, 0) is 10.0 Å². The fourth-order valence-electron chi connectivity index (χ4n) is 1.94. The third-order valence-corrected chi connectivity index (χ3v) is 4.69. The van der Waals surface area contributed by atoms with Crippen molar-refractivity contribution in [3.63, 3.8) is 0 Å². The molecule has 0 heterocycles. The minimum absolute atomic E-state index is 0.0402. The lowest BCUT2D eigenvalue weighted by Gasteiger charge is -2.17. The van der Waals surface area contributed by atoms with Crippen molar-refractivity contribution in [3.8, 4) is 0 Å².